The summed E-state index contributed by atoms with van der Waals surface area (Å²) in [5.41, 5.74) is 0.483. The number of nitrogens with zero attached hydrogens (tertiary/aromatic N) is 3. The third kappa shape index (κ3) is 8.12. The molecule has 3 heterocycles. The summed E-state index contributed by atoms with van der Waals surface area (Å²) in [5, 5.41) is 9.35. The van der Waals surface area contributed by atoms with Crippen molar-refractivity contribution in [1.82, 2.24) is 25.4 Å². The van der Waals surface area contributed by atoms with E-state index in [9.17, 15) is 18.8 Å². The van der Waals surface area contributed by atoms with Crippen molar-refractivity contribution < 1.29 is 23.5 Å². The van der Waals surface area contributed by atoms with Crippen LogP contribution in [0.25, 0.3) is 10.6 Å². The zero-order valence-electron chi connectivity index (χ0n) is 27.2. The van der Waals surface area contributed by atoms with Crippen LogP contribution in [0.4, 0.5) is 9.18 Å². The minimum atomic E-state index is -0.838. The van der Waals surface area contributed by atoms with Gasteiger partial charge in [-0.25, -0.2) is 14.2 Å². The molecular formula is C32H48FN5O4S. The summed E-state index contributed by atoms with van der Waals surface area (Å²) in [6.45, 7) is 17.9. The van der Waals surface area contributed by atoms with E-state index in [0.29, 0.717) is 13.1 Å². The number of benzene rings is 1. The normalized spacial score (nSPS) is 21.3. The minimum absolute atomic E-state index is 0.00885. The number of carbonyl (C=O) groups is 3. The first-order valence-corrected chi connectivity index (χ1v) is 16.0. The van der Waals surface area contributed by atoms with E-state index in [1.807, 2.05) is 44.9 Å². The molecule has 2 fully saturated rings. The van der Waals surface area contributed by atoms with Crippen molar-refractivity contribution in [1.29, 1.82) is 0 Å². The average molecular weight is 618 g/mol. The highest BCUT2D eigenvalue weighted by molar-refractivity contribution is 7.13. The van der Waals surface area contributed by atoms with E-state index in [4.69, 9.17) is 9.72 Å². The van der Waals surface area contributed by atoms with Crippen LogP contribution in [0.15, 0.2) is 29.6 Å². The molecule has 2 aliphatic rings. The van der Waals surface area contributed by atoms with Gasteiger partial charge in [0.15, 0.2) is 0 Å². The number of hydrogen-bond donors (Lipinski definition) is 2. The first-order valence-electron chi connectivity index (χ1n) is 15.1. The number of rotatable bonds is 6. The molecule has 2 aromatic rings. The quantitative estimate of drug-likeness (QED) is 0.449. The molecule has 1 unspecified atom stereocenters. The molecule has 9 nitrogen and oxygen atoms in total. The molecule has 3 amide bonds. The number of thiazole rings is 1. The molecule has 2 saturated heterocycles. The second-order valence-electron chi connectivity index (χ2n) is 13.1. The maximum Gasteiger partial charge on any atom is 0.410 e. The fourth-order valence-electron chi connectivity index (χ4n) is 5.40. The van der Waals surface area contributed by atoms with E-state index in [1.165, 1.54) is 35.4 Å². The molecule has 5 atom stereocenters. The van der Waals surface area contributed by atoms with Gasteiger partial charge in [-0.15, -0.1) is 11.3 Å². The van der Waals surface area contributed by atoms with Crippen LogP contribution in [0.2, 0.25) is 0 Å². The third-order valence-electron chi connectivity index (χ3n) is 7.78. The first kappa shape index (κ1) is 34.4. The number of ether oxygens (including phenoxy) is 1. The number of likely N-dealkylation sites (N-methyl/N-ethyl adjacent to an activating group) is 1. The van der Waals surface area contributed by atoms with E-state index in [-0.39, 0.29) is 29.7 Å². The number of hydrogen-bond acceptors (Lipinski definition) is 7. The summed E-state index contributed by atoms with van der Waals surface area (Å²) in [6.07, 6.45) is 0.203. The Bertz CT molecular complexity index is 1270. The van der Waals surface area contributed by atoms with Gasteiger partial charge in [-0.2, -0.15) is 0 Å². The van der Waals surface area contributed by atoms with Crippen molar-refractivity contribution in [3.63, 3.8) is 0 Å². The smallest absolute Gasteiger partial charge is 0.410 e. The van der Waals surface area contributed by atoms with Gasteiger partial charge >= 0.3 is 6.09 Å². The first-order chi connectivity index (χ1) is 20.1. The average Bonchev–Trinajstić information content (AvgIpc) is 3.67. The van der Waals surface area contributed by atoms with E-state index < -0.39 is 35.1 Å². The maximum atomic E-state index is 14.1. The number of nitrogens with one attached hydrogen (secondary N) is 2. The van der Waals surface area contributed by atoms with Gasteiger partial charge in [0.05, 0.1) is 11.7 Å². The van der Waals surface area contributed by atoms with Gasteiger partial charge in [0, 0.05) is 43.0 Å². The monoisotopic (exact) mass is 617 g/mol. The molecular weight excluding hydrogens is 569 g/mol. The highest BCUT2D eigenvalue weighted by atomic mass is 32.1. The zero-order valence-corrected chi connectivity index (χ0v) is 28.0. The van der Waals surface area contributed by atoms with Gasteiger partial charge < -0.3 is 20.3 Å². The van der Waals surface area contributed by atoms with Gasteiger partial charge in [0.1, 0.15) is 28.5 Å². The molecule has 1 aromatic heterocycles. The van der Waals surface area contributed by atoms with Crippen LogP contribution >= 0.6 is 11.3 Å². The van der Waals surface area contributed by atoms with E-state index in [2.05, 4.69) is 10.6 Å². The number of amides is 3. The number of carbonyl (C=O) groups excluding carboxylic acids is 3. The Kier molecular flexibility index (Phi) is 11.0. The van der Waals surface area contributed by atoms with Crippen molar-refractivity contribution in [2.45, 2.75) is 104 Å². The fourth-order valence-corrected chi connectivity index (χ4v) is 6.29. The Balaban J connectivity index is 0.00000248. The number of fused-ring (bicyclic) bond motifs is 1. The summed E-state index contributed by atoms with van der Waals surface area (Å²) in [7, 11) is 1.51. The van der Waals surface area contributed by atoms with Gasteiger partial charge in [-0.3, -0.25) is 14.5 Å². The number of likely N-dealkylation sites (tertiary alicyclic amines) is 1. The fraction of sp³-hybridized carbons (Fsp3) is 0.625. The standard InChI is InChI=1S/C30H42FN5O4S.C2H6/c1-17(35(8)28(39)40-30(5,6)7)25(37)34-24(29(2,3)4)27(38)36-14-13-21-23(36)20(15-32-21)22-16-41-26(33-22)18-9-11-19(31)12-10-18;1-2/h9-12,16-17,20-21,23-24,32H,13-15H2,1-8H3,(H,34,37);1-2H3/t17-,20+,21+,23+,24?;/m0./s1. The van der Waals surface area contributed by atoms with Gasteiger partial charge in [0.25, 0.3) is 0 Å². The van der Waals surface area contributed by atoms with E-state index in [0.717, 1.165) is 22.7 Å². The van der Waals surface area contributed by atoms with Crippen LogP contribution in [0.1, 0.15) is 80.3 Å². The molecule has 2 N–H and O–H groups in total. The Labute approximate surface area is 259 Å². The summed E-state index contributed by atoms with van der Waals surface area (Å²) >= 11 is 1.51. The van der Waals surface area contributed by atoms with Crippen LogP contribution in [-0.2, 0) is 14.3 Å². The number of aromatic nitrogens is 1. The maximum absolute atomic E-state index is 14.1. The highest BCUT2D eigenvalue weighted by Gasteiger charge is 2.50. The van der Waals surface area contributed by atoms with Crippen LogP contribution in [0.3, 0.4) is 0 Å². The highest BCUT2D eigenvalue weighted by Crippen LogP contribution is 2.39. The molecule has 238 valence electrons. The third-order valence-corrected chi connectivity index (χ3v) is 8.69. The molecule has 2 aliphatic heterocycles. The summed E-state index contributed by atoms with van der Waals surface area (Å²) in [5.74, 6) is -0.870. The number of halogens is 1. The Morgan fingerprint density at radius 1 is 1.14 bits per heavy atom. The summed E-state index contributed by atoms with van der Waals surface area (Å²) in [4.78, 5) is 48.0. The molecule has 0 radical (unpaired) electrons. The second-order valence-corrected chi connectivity index (χ2v) is 13.9. The lowest BCUT2D eigenvalue weighted by molar-refractivity contribution is -0.141. The lowest BCUT2D eigenvalue weighted by Gasteiger charge is -2.38. The second kappa shape index (κ2) is 13.7. The lowest BCUT2D eigenvalue weighted by Crippen LogP contribution is -2.59. The Morgan fingerprint density at radius 2 is 1.77 bits per heavy atom. The Hall–Kier alpha value is -3.05. The van der Waals surface area contributed by atoms with Crippen LogP contribution < -0.4 is 10.6 Å². The van der Waals surface area contributed by atoms with Crippen molar-refractivity contribution in [2.24, 2.45) is 5.41 Å². The zero-order chi connectivity index (χ0) is 32.3. The SMILES string of the molecule is CC.C[C@@H](C(=O)NC(C(=O)N1CC[C@H]2NC[C@H](c3csc(-c4ccc(F)cc4)n3)[C@H]21)C(C)(C)C)N(C)C(=O)OC(C)(C)C. The van der Waals surface area contributed by atoms with Crippen LogP contribution in [0.5, 0.6) is 0 Å². The topological polar surface area (TPSA) is 104 Å². The van der Waals surface area contributed by atoms with Gasteiger partial charge in [-0.05, 0) is 63.8 Å². The van der Waals surface area contributed by atoms with Crippen LogP contribution in [-0.4, -0.2) is 82.6 Å². The minimum Gasteiger partial charge on any atom is -0.444 e. The van der Waals surface area contributed by atoms with Crippen LogP contribution in [0, 0.1) is 11.2 Å². The molecule has 0 aliphatic carbocycles. The summed E-state index contributed by atoms with van der Waals surface area (Å²) in [6, 6.07) is 4.68. The van der Waals surface area contributed by atoms with Gasteiger partial charge in [0.2, 0.25) is 11.8 Å². The van der Waals surface area contributed by atoms with E-state index >= 15 is 0 Å². The van der Waals surface area contributed by atoms with E-state index in [1.54, 1.807) is 39.8 Å². The predicted octanol–water partition coefficient (Wildman–Crippen LogP) is 5.42. The molecule has 11 heteroatoms. The molecule has 1 aromatic carbocycles. The lowest BCUT2D eigenvalue weighted by atomic mass is 9.85. The van der Waals surface area contributed by atoms with Crippen molar-refractivity contribution in [2.75, 3.05) is 20.1 Å². The molecule has 4 rings (SSSR count). The molecule has 0 saturated carbocycles. The molecule has 43 heavy (non-hydrogen) atoms. The van der Waals surface area contributed by atoms with Crippen molar-refractivity contribution >= 4 is 29.2 Å². The van der Waals surface area contributed by atoms with Gasteiger partial charge in [-0.1, -0.05) is 34.6 Å². The van der Waals surface area contributed by atoms with Crippen molar-refractivity contribution in [3.05, 3.63) is 41.2 Å². The molecule has 0 spiro atoms. The summed E-state index contributed by atoms with van der Waals surface area (Å²) < 4.78 is 18.8. The Morgan fingerprint density at radius 3 is 2.35 bits per heavy atom. The van der Waals surface area contributed by atoms with Crippen molar-refractivity contribution in [3.8, 4) is 10.6 Å². The largest absolute Gasteiger partial charge is 0.444 e. The molecule has 0 bridgehead atoms. The predicted molar refractivity (Wildman–Crippen MR) is 168 cm³/mol.